The Morgan fingerprint density at radius 1 is 1.40 bits per heavy atom. The van der Waals surface area contributed by atoms with Gasteiger partial charge in [-0.15, -0.1) is 0 Å². The van der Waals surface area contributed by atoms with Gasteiger partial charge in [0.2, 0.25) is 0 Å². The van der Waals surface area contributed by atoms with Crippen LogP contribution in [0.4, 0.5) is 0 Å². The molecular formula is C8H20N2. The molecule has 1 aliphatic heterocycles. The molecule has 2 heteroatoms. The molecule has 1 N–H and O–H groups in total. The van der Waals surface area contributed by atoms with Gasteiger partial charge in [-0.05, 0) is 13.6 Å². The van der Waals surface area contributed by atoms with E-state index in [-0.39, 0.29) is 0 Å². The maximum absolute atomic E-state index is 3.23. The lowest BCUT2D eigenvalue weighted by atomic mass is 10.1. The van der Waals surface area contributed by atoms with Crippen molar-refractivity contribution in [1.29, 1.82) is 0 Å². The molecular weight excluding hydrogens is 124 g/mol. The largest absolute Gasteiger partial charge is 0.314 e. The zero-order chi connectivity index (χ0) is 7.98. The van der Waals surface area contributed by atoms with Crippen molar-refractivity contribution in [3.8, 4) is 0 Å². The molecule has 0 radical (unpaired) electrons. The molecule has 1 rings (SSSR count). The molecule has 1 aliphatic rings. The van der Waals surface area contributed by atoms with E-state index in [0.717, 1.165) is 6.04 Å². The third kappa shape index (κ3) is 2.67. The summed E-state index contributed by atoms with van der Waals surface area (Å²) < 4.78 is 0. The molecule has 0 aromatic carbocycles. The minimum absolute atomic E-state index is 0.819. The fraction of sp³-hybridized carbons (Fsp3) is 1.00. The van der Waals surface area contributed by atoms with E-state index >= 15 is 0 Å². The maximum atomic E-state index is 3.23. The summed E-state index contributed by atoms with van der Waals surface area (Å²) in [6.07, 6.45) is 0. The highest BCUT2D eigenvalue weighted by Crippen LogP contribution is 1.99. The summed E-state index contributed by atoms with van der Waals surface area (Å²) in [5, 5.41) is 3.23. The van der Waals surface area contributed by atoms with Crippen LogP contribution in [0.15, 0.2) is 0 Å². The normalized spacial score (nSPS) is 17.7. The lowest BCUT2D eigenvalue weighted by Crippen LogP contribution is -2.55. The van der Waals surface area contributed by atoms with Crippen LogP contribution in [-0.2, 0) is 0 Å². The number of nitrogens with zero attached hydrogens (tertiary/aromatic N) is 1. The quantitative estimate of drug-likeness (QED) is 0.620. The Hall–Kier alpha value is -0.0800. The van der Waals surface area contributed by atoms with Gasteiger partial charge in [0.25, 0.3) is 0 Å². The zero-order valence-corrected chi connectivity index (χ0v) is 7.65. The lowest BCUT2D eigenvalue weighted by Gasteiger charge is -2.34. The highest BCUT2D eigenvalue weighted by Gasteiger charge is 2.19. The second kappa shape index (κ2) is 5.69. The molecule has 1 heterocycles. The molecule has 2 nitrogen and oxygen atoms in total. The van der Waals surface area contributed by atoms with Gasteiger partial charge in [-0.3, -0.25) is 0 Å². The third-order valence-electron chi connectivity index (χ3n) is 1.88. The topological polar surface area (TPSA) is 15.3 Å². The molecule has 1 saturated heterocycles. The van der Waals surface area contributed by atoms with Crippen molar-refractivity contribution in [2.75, 3.05) is 26.7 Å². The van der Waals surface area contributed by atoms with Gasteiger partial charge in [0.05, 0.1) is 0 Å². The Morgan fingerprint density at radius 2 is 1.90 bits per heavy atom. The molecule has 0 spiro atoms. The standard InChI is InChI=1S/C6H14N2.C2H6/c1-3-8(2)6-4-7-5-6;1-2/h6-7H,3-5H2,1-2H3;1-2H3. The van der Waals surface area contributed by atoms with Crippen molar-refractivity contribution in [2.45, 2.75) is 26.8 Å². The van der Waals surface area contributed by atoms with Crippen LogP contribution in [-0.4, -0.2) is 37.6 Å². The van der Waals surface area contributed by atoms with E-state index < -0.39 is 0 Å². The van der Waals surface area contributed by atoms with E-state index in [2.05, 4.69) is 24.2 Å². The molecule has 62 valence electrons. The van der Waals surface area contributed by atoms with E-state index in [0.29, 0.717) is 0 Å². The van der Waals surface area contributed by atoms with Gasteiger partial charge in [0, 0.05) is 19.1 Å². The average molecular weight is 144 g/mol. The zero-order valence-electron chi connectivity index (χ0n) is 7.65. The first-order valence-electron chi connectivity index (χ1n) is 4.25. The molecule has 0 bridgehead atoms. The predicted molar refractivity (Wildman–Crippen MR) is 46.3 cm³/mol. The predicted octanol–water partition coefficient (Wildman–Crippen LogP) is 0.936. The fourth-order valence-electron chi connectivity index (χ4n) is 0.843. The Balaban J connectivity index is 0.000000371. The van der Waals surface area contributed by atoms with E-state index in [9.17, 15) is 0 Å². The summed E-state index contributed by atoms with van der Waals surface area (Å²) in [5.41, 5.74) is 0. The smallest absolute Gasteiger partial charge is 0.0342 e. The number of likely N-dealkylation sites (N-methyl/N-ethyl adjacent to an activating group) is 1. The van der Waals surface area contributed by atoms with Gasteiger partial charge >= 0.3 is 0 Å². The molecule has 10 heavy (non-hydrogen) atoms. The third-order valence-corrected chi connectivity index (χ3v) is 1.88. The molecule has 0 aromatic rings. The van der Waals surface area contributed by atoms with Crippen LogP contribution in [0.5, 0.6) is 0 Å². The minimum atomic E-state index is 0.819. The number of nitrogens with one attached hydrogen (secondary N) is 1. The fourth-order valence-corrected chi connectivity index (χ4v) is 0.843. The van der Waals surface area contributed by atoms with Gasteiger partial charge in [-0.25, -0.2) is 0 Å². The Kier molecular flexibility index (Phi) is 5.64. The van der Waals surface area contributed by atoms with Crippen LogP contribution >= 0.6 is 0 Å². The van der Waals surface area contributed by atoms with Crippen molar-refractivity contribution in [3.05, 3.63) is 0 Å². The van der Waals surface area contributed by atoms with E-state index in [1.165, 1.54) is 19.6 Å². The number of hydrogen-bond donors (Lipinski definition) is 1. The van der Waals surface area contributed by atoms with Crippen LogP contribution in [0.3, 0.4) is 0 Å². The Morgan fingerprint density at radius 3 is 2.00 bits per heavy atom. The lowest BCUT2D eigenvalue weighted by molar-refractivity contribution is 0.188. The monoisotopic (exact) mass is 144 g/mol. The number of rotatable bonds is 2. The van der Waals surface area contributed by atoms with Crippen molar-refractivity contribution in [3.63, 3.8) is 0 Å². The first-order valence-corrected chi connectivity index (χ1v) is 4.25. The van der Waals surface area contributed by atoms with E-state index in [1.807, 2.05) is 13.8 Å². The van der Waals surface area contributed by atoms with Crippen molar-refractivity contribution in [2.24, 2.45) is 0 Å². The first-order chi connectivity index (χ1) is 4.84. The Labute approximate surface area is 64.6 Å². The van der Waals surface area contributed by atoms with Gasteiger partial charge in [-0.1, -0.05) is 20.8 Å². The highest BCUT2D eigenvalue weighted by molar-refractivity contribution is 4.81. The molecule has 0 unspecified atom stereocenters. The average Bonchev–Trinajstić information content (AvgIpc) is 1.89. The highest BCUT2D eigenvalue weighted by atomic mass is 15.2. The summed E-state index contributed by atoms with van der Waals surface area (Å²) in [6, 6.07) is 0.819. The van der Waals surface area contributed by atoms with Crippen LogP contribution in [0, 0.1) is 0 Å². The molecule has 0 aliphatic carbocycles. The first kappa shape index (κ1) is 9.92. The second-order valence-corrected chi connectivity index (χ2v) is 2.39. The van der Waals surface area contributed by atoms with Crippen LogP contribution < -0.4 is 5.32 Å². The van der Waals surface area contributed by atoms with Gasteiger partial charge in [0.1, 0.15) is 0 Å². The van der Waals surface area contributed by atoms with Crippen LogP contribution in [0.2, 0.25) is 0 Å². The molecule has 0 aromatic heterocycles. The van der Waals surface area contributed by atoms with Crippen molar-refractivity contribution in [1.82, 2.24) is 10.2 Å². The maximum Gasteiger partial charge on any atom is 0.0342 e. The van der Waals surface area contributed by atoms with Crippen LogP contribution in [0.25, 0.3) is 0 Å². The van der Waals surface area contributed by atoms with E-state index in [4.69, 9.17) is 0 Å². The van der Waals surface area contributed by atoms with Crippen LogP contribution in [0.1, 0.15) is 20.8 Å². The Bertz CT molecular complexity index is 66.9. The number of hydrogen-bond acceptors (Lipinski definition) is 2. The summed E-state index contributed by atoms with van der Waals surface area (Å²) in [4.78, 5) is 2.37. The van der Waals surface area contributed by atoms with Crippen molar-refractivity contribution < 1.29 is 0 Å². The minimum Gasteiger partial charge on any atom is -0.314 e. The summed E-state index contributed by atoms with van der Waals surface area (Å²) >= 11 is 0. The summed E-state index contributed by atoms with van der Waals surface area (Å²) in [5.74, 6) is 0. The molecule has 0 saturated carbocycles. The molecule has 0 atom stereocenters. The SMILES string of the molecule is CC.CCN(C)C1CNC1. The second-order valence-electron chi connectivity index (χ2n) is 2.39. The summed E-state index contributed by atoms with van der Waals surface area (Å²) in [7, 11) is 2.17. The van der Waals surface area contributed by atoms with Gasteiger partial charge in [-0.2, -0.15) is 0 Å². The van der Waals surface area contributed by atoms with Gasteiger partial charge < -0.3 is 10.2 Å². The molecule has 1 fully saturated rings. The summed E-state index contributed by atoms with van der Waals surface area (Å²) in [6.45, 7) is 9.74. The van der Waals surface area contributed by atoms with E-state index in [1.54, 1.807) is 0 Å². The molecule has 0 amide bonds. The van der Waals surface area contributed by atoms with Gasteiger partial charge in [0.15, 0.2) is 0 Å². The van der Waals surface area contributed by atoms with Crippen molar-refractivity contribution >= 4 is 0 Å².